The fraction of sp³-hybridized carbons (Fsp3) is 0.333. The molecular formula is C15H19N5O2. The Morgan fingerprint density at radius 2 is 1.95 bits per heavy atom. The van der Waals surface area contributed by atoms with Gasteiger partial charge in [-0.2, -0.15) is 4.98 Å². The van der Waals surface area contributed by atoms with Gasteiger partial charge in [-0.3, -0.25) is 10.1 Å². The van der Waals surface area contributed by atoms with E-state index in [1.54, 1.807) is 0 Å². The molecule has 0 spiro atoms. The molecule has 0 fully saturated rings. The molecule has 1 atom stereocenters. The van der Waals surface area contributed by atoms with Crippen molar-refractivity contribution in [2.75, 3.05) is 11.1 Å². The lowest BCUT2D eigenvalue weighted by molar-refractivity contribution is -0.384. The third-order valence-electron chi connectivity index (χ3n) is 3.94. The van der Waals surface area contributed by atoms with E-state index in [2.05, 4.69) is 41.3 Å². The van der Waals surface area contributed by atoms with Gasteiger partial charge < -0.3 is 11.1 Å². The average molecular weight is 301 g/mol. The molecule has 3 N–H and O–H groups in total. The van der Waals surface area contributed by atoms with Crippen molar-refractivity contribution in [3.63, 3.8) is 0 Å². The highest BCUT2D eigenvalue weighted by Crippen LogP contribution is 2.29. The van der Waals surface area contributed by atoms with Crippen molar-refractivity contribution in [2.24, 2.45) is 0 Å². The molecule has 7 nitrogen and oxygen atoms in total. The molecular weight excluding hydrogens is 282 g/mol. The minimum atomic E-state index is -0.601. The molecule has 1 aromatic carbocycles. The van der Waals surface area contributed by atoms with Crippen molar-refractivity contribution < 1.29 is 4.92 Å². The Morgan fingerprint density at radius 1 is 1.32 bits per heavy atom. The molecule has 0 saturated carbocycles. The summed E-state index contributed by atoms with van der Waals surface area (Å²) in [5.41, 5.74) is 6.29. The van der Waals surface area contributed by atoms with Crippen LogP contribution in [0.5, 0.6) is 0 Å². The molecule has 1 heterocycles. The fourth-order valence-corrected chi connectivity index (χ4v) is 2.09. The van der Waals surface area contributed by atoms with Crippen LogP contribution in [-0.4, -0.2) is 20.9 Å². The summed E-state index contributed by atoms with van der Waals surface area (Å²) in [5, 5.41) is 13.9. The molecule has 22 heavy (non-hydrogen) atoms. The zero-order chi connectivity index (χ0) is 16.3. The zero-order valence-electron chi connectivity index (χ0n) is 12.8. The minimum absolute atomic E-state index is 0.00393. The molecule has 1 unspecified atom stereocenters. The maximum atomic E-state index is 10.7. The first-order valence-corrected chi connectivity index (χ1v) is 6.91. The van der Waals surface area contributed by atoms with Gasteiger partial charge in [0.15, 0.2) is 0 Å². The van der Waals surface area contributed by atoms with Gasteiger partial charge in [-0.25, -0.2) is 4.98 Å². The summed E-state index contributed by atoms with van der Waals surface area (Å²) in [7, 11) is 0. The highest BCUT2D eigenvalue weighted by atomic mass is 16.6. The largest absolute Gasteiger partial charge is 0.378 e. The van der Waals surface area contributed by atoms with E-state index in [-0.39, 0.29) is 28.9 Å². The molecule has 0 amide bonds. The van der Waals surface area contributed by atoms with Crippen LogP contribution in [0.4, 0.5) is 17.5 Å². The van der Waals surface area contributed by atoms with Crippen LogP contribution < -0.4 is 11.1 Å². The van der Waals surface area contributed by atoms with E-state index < -0.39 is 4.92 Å². The second-order valence-corrected chi connectivity index (χ2v) is 5.67. The Kier molecular flexibility index (Phi) is 4.25. The Balaban J connectivity index is 2.20. The van der Waals surface area contributed by atoms with Gasteiger partial charge in [0.1, 0.15) is 6.20 Å². The number of nitrogens with two attached hydrogens (primary N) is 1. The van der Waals surface area contributed by atoms with Gasteiger partial charge >= 0.3 is 5.69 Å². The molecule has 0 radical (unpaired) electrons. The topological polar surface area (TPSA) is 107 Å². The summed E-state index contributed by atoms with van der Waals surface area (Å²) in [6.07, 6.45) is 1.12. The van der Waals surface area contributed by atoms with E-state index >= 15 is 0 Å². The van der Waals surface area contributed by atoms with E-state index in [0.717, 1.165) is 6.20 Å². The van der Waals surface area contributed by atoms with Crippen molar-refractivity contribution in [3.8, 4) is 0 Å². The number of benzene rings is 1. The third kappa shape index (κ3) is 3.13. The molecule has 0 aliphatic heterocycles. The van der Waals surface area contributed by atoms with E-state index in [1.807, 2.05) is 25.1 Å². The van der Waals surface area contributed by atoms with E-state index in [0.29, 0.717) is 0 Å². The predicted molar refractivity (Wildman–Crippen MR) is 85.7 cm³/mol. The number of nitrogen functional groups attached to an aromatic ring is 1. The van der Waals surface area contributed by atoms with Crippen LogP contribution in [0.2, 0.25) is 0 Å². The molecule has 7 heteroatoms. The third-order valence-corrected chi connectivity index (χ3v) is 3.94. The molecule has 116 valence electrons. The van der Waals surface area contributed by atoms with E-state index in [4.69, 9.17) is 5.73 Å². The van der Waals surface area contributed by atoms with Gasteiger partial charge in [0.2, 0.25) is 11.8 Å². The van der Waals surface area contributed by atoms with Gasteiger partial charge in [-0.05, 0) is 12.5 Å². The predicted octanol–water partition coefficient (Wildman–Crippen LogP) is 2.75. The summed E-state index contributed by atoms with van der Waals surface area (Å²) in [5.74, 6) is 0.131. The van der Waals surface area contributed by atoms with Gasteiger partial charge in [-0.15, -0.1) is 0 Å². The van der Waals surface area contributed by atoms with E-state index in [1.165, 1.54) is 5.56 Å². The number of rotatable bonds is 5. The molecule has 0 aliphatic rings. The van der Waals surface area contributed by atoms with Gasteiger partial charge in [0.05, 0.1) is 4.92 Å². The van der Waals surface area contributed by atoms with Crippen molar-refractivity contribution in [2.45, 2.75) is 32.2 Å². The number of nitrogens with zero attached hydrogens (tertiary/aromatic N) is 3. The molecule has 0 aliphatic carbocycles. The summed E-state index contributed by atoms with van der Waals surface area (Å²) in [4.78, 5) is 18.0. The van der Waals surface area contributed by atoms with Crippen molar-refractivity contribution in [1.29, 1.82) is 0 Å². The van der Waals surface area contributed by atoms with Crippen LogP contribution in [0.3, 0.4) is 0 Å². The van der Waals surface area contributed by atoms with Crippen molar-refractivity contribution in [1.82, 2.24) is 9.97 Å². The van der Waals surface area contributed by atoms with Crippen molar-refractivity contribution >= 4 is 17.5 Å². The van der Waals surface area contributed by atoms with Crippen LogP contribution >= 0.6 is 0 Å². The van der Waals surface area contributed by atoms with Crippen molar-refractivity contribution in [3.05, 3.63) is 52.2 Å². The van der Waals surface area contributed by atoms with Crippen LogP contribution in [0.1, 0.15) is 26.3 Å². The highest BCUT2D eigenvalue weighted by molar-refractivity contribution is 5.53. The highest BCUT2D eigenvalue weighted by Gasteiger charge is 2.28. The second-order valence-electron chi connectivity index (χ2n) is 5.67. The van der Waals surface area contributed by atoms with Gasteiger partial charge in [0.25, 0.3) is 0 Å². The first kappa shape index (κ1) is 15.7. The van der Waals surface area contributed by atoms with E-state index in [9.17, 15) is 10.1 Å². The fourth-order valence-electron chi connectivity index (χ4n) is 2.09. The lowest BCUT2D eigenvalue weighted by Crippen LogP contribution is -2.37. The summed E-state index contributed by atoms with van der Waals surface area (Å²) in [6.45, 7) is 6.22. The Hall–Kier alpha value is -2.70. The average Bonchev–Trinajstić information content (AvgIpc) is 2.47. The Morgan fingerprint density at radius 3 is 2.50 bits per heavy atom. The van der Waals surface area contributed by atoms with Crippen LogP contribution in [0.15, 0.2) is 36.5 Å². The number of hydrogen-bond donors (Lipinski definition) is 2. The first-order chi connectivity index (χ1) is 10.3. The summed E-state index contributed by atoms with van der Waals surface area (Å²) in [6, 6.07) is 10.1. The van der Waals surface area contributed by atoms with Gasteiger partial charge in [0, 0.05) is 11.5 Å². The van der Waals surface area contributed by atoms with Gasteiger partial charge in [-0.1, -0.05) is 44.2 Å². The zero-order valence-corrected chi connectivity index (χ0v) is 12.8. The second kappa shape index (κ2) is 5.97. The number of hydrogen-bond acceptors (Lipinski definition) is 6. The minimum Gasteiger partial charge on any atom is -0.378 e. The maximum Gasteiger partial charge on any atom is 0.329 e. The first-order valence-electron chi connectivity index (χ1n) is 6.91. The monoisotopic (exact) mass is 301 g/mol. The quantitative estimate of drug-likeness (QED) is 0.649. The molecule has 0 bridgehead atoms. The summed E-state index contributed by atoms with van der Waals surface area (Å²) < 4.78 is 0. The molecule has 2 rings (SSSR count). The summed E-state index contributed by atoms with van der Waals surface area (Å²) >= 11 is 0. The maximum absolute atomic E-state index is 10.7. The smallest absolute Gasteiger partial charge is 0.329 e. The number of anilines is 2. The standard InChI is InChI=1S/C15H19N5O2/c1-10(15(2,3)11-7-5-4-6-8-11)18-14-17-9-12(20(21)22)13(16)19-14/h4-10H,1-3H3,(H3,16,17,18,19). The number of aromatic nitrogens is 2. The number of nitrogens with one attached hydrogen (secondary N) is 1. The molecule has 0 saturated heterocycles. The van der Waals surface area contributed by atoms with Crippen LogP contribution in [-0.2, 0) is 5.41 Å². The molecule has 2 aromatic rings. The number of nitro groups is 1. The Bertz CT molecular complexity index is 673. The lowest BCUT2D eigenvalue weighted by atomic mass is 9.78. The Labute approximate surface area is 128 Å². The SMILES string of the molecule is CC(Nc1ncc([N+](=O)[O-])c(N)n1)C(C)(C)c1ccccc1. The normalized spacial score (nSPS) is 12.7. The lowest BCUT2D eigenvalue weighted by Gasteiger charge is -2.33. The van der Waals surface area contributed by atoms with Crippen LogP contribution in [0, 0.1) is 10.1 Å². The molecule has 1 aromatic heterocycles. The van der Waals surface area contributed by atoms with Crippen LogP contribution in [0.25, 0.3) is 0 Å².